The minimum Gasteiger partial charge on any atom is -0.482 e. The third-order valence-corrected chi connectivity index (χ3v) is 4.34. The van der Waals surface area contributed by atoms with Gasteiger partial charge in [0.2, 0.25) is 5.78 Å². The maximum absolute atomic E-state index is 12.4. The summed E-state index contributed by atoms with van der Waals surface area (Å²) in [5.41, 5.74) is 1.11. The summed E-state index contributed by atoms with van der Waals surface area (Å²) in [5, 5.41) is 2.71. The molecule has 5 heteroatoms. The van der Waals surface area contributed by atoms with Gasteiger partial charge in [0.15, 0.2) is 6.61 Å². The number of fused-ring (bicyclic) bond motifs is 1. The van der Waals surface area contributed by atoms with Gasteiger partial charge in [0, 0.05) is 10.4 Å². The minimum atomic E-state index is -0.202. The van der Waals surface area contributed by atoms with Crippen LogP contribution in [0.15, 0.2) is 30.3 Å². The molecule has 20 heavy (non-hydrogen) atoms. The molecule has 0 saturated carbocycles. The van der Waals surface area contributed by atoms with Crippen LogP contribution in [0.2, 0.25) is 0 Å². The number of ketones is 1. The Balaban J connectivity index is 1.92. The van der Waals surface area contributed by atoms with Crippen LogP contribution in [0.3, 0.4) is 0 Å². The van der Waals surface area contributed by atoms with Crippen LogP contribution in [0, 0.1) is 0 Å². The van der Waals surface area contributed by atoms with E-state index < -0.39 is 0 Å². The van der Waals surface area contributed by atoms with E-state index in [0.29, 0.717) is 21.9 Å². The van der Waals surface area contributed by atoms with E-state index in [0.717, 1.165) is 6.42 Å². The zero-order valence-corrected chi connectivity index (χ0v) is 11.8. The monoisotopic (exact) mass is 287 g/mol. The molecular formula is C15H13NO3S. The van der Waals surface area contributed by atoms with Gasteiger partial charge in [-0.2, -0.15) is 0 Å². The predicted octanol–water partition coefficient (Wildman–Crippen LogP) is 2.87. The Bertz CT molecular complexity index is 690. The van der Waals surface area contributed by atoms with Crippen molar-refractivity contribution >= 4 is 28.7 Å². The zero-order chi connectivity index (χ0) is 14.1. The SMILES string of the molecule is CCc1ccc(C(=O)c2ccc3c(c2)NC(=O)CO3)s1. The van der Waals surface area contributed by atoms with Gasteiger partial charge in [-0.05, 0) is 36.8 Å². The molecule has 2 aromatic rings. The number of carbonyl (C=O) groups excluding carboxylic acids is 2. The van der Waals surface area contributed by atoms with Crippen molar-refractivity contribution in [3.63, 3.8) is 0 Å². The molecule has 0 aliphatic carbocycles. The lowest BCUT2D eigenvalue weighted by atomic mass is 10.1. The Morgan fingerprint density at radius 2 is 2.20 bits per heavy atom. The van der Waals surface area contributed by atoms with E-state index in [9.17, 15) is 9.59 Å². The van der Waals surface area contributed by atoms with Crippen molar-refractivity contribution in [1.82, 2.24) is 0 Å². The van der Waals surface area contributed by atoms with Crippen molar-refractivity contribution in [2.24, 2.45) is 0 Å². The third kappa shape index (κ3) is 2.32. The lowest BCUT2D eigenvalue weighted by molar-refractivity contribution is -0.118. The molecule has 4 nitrogen and oxygen atoms in total. The summed E-state index contributed by atoms with van der Waals surface area (Å²) in [7, 11) is 0. The van der Waals surface area contributed by atoms with Gasteiger partial charge in [-0.25, -0.2) is 0 Å². The van der Waals surface area contributed by atoms with Crippen LogP contribution >= 0.6 is 11.3 Å². The molecule has 0 saturated heterocycles. The van der Waals surface area contributed by atoms with E-state index in [1.54, 1.807) is 18.2 Å². The van der Waals surface area contributed by atoms with Gasteiger partial charge < -0.3 is 10.1 Å². The van der Waals surface area contributed by atoms with Crippen LogP contribution in [0.5, 0.6) is 5.75 Å². The highest BCUT2D eigenvalue weighted by Crippen LogP contribution is 2.30. The Hall–Kier alpha value is -2.14. The molecular weight excluding hydrogens is 274 g/mol. The second-order valence-corrected chi connectivity index (χ2v) is 5.66. The van der Waals surface area contributed by atoms with Gasteiger partial charge in [0.1, 0.15) is 5.75 Å². The van der Waals surface area contributed by atoms with Gasteiger partial charge in [-0.15, -0.1) is 11.3 Å². The molecule has 0 unspecified atom stereocenters. The molecule has 0 fully saturated rings. The standard InChI is InChI=1S/C15H13NO3S/c1-2-10-4-6-13(20-10)15(18)9-3-5-12-11(7-9)16-14(17)8-19-12/h3-7H,2,8H2,1H3,(H,16,17). The number of benzene rings is 1. The first kappa shape index (κ1) is 12.9. The molecule has 2 heterocycles. The number of nitrogens with one attached hydrogen (secondary N) is 1. The highest BCUT2D eigenvalue weighted by Gasteiger charge is 2.19. The smallest absolute Gasteiger partial charge is 0.262 e. The second-order valence-electron chi connectivity index (χ2n) is 4.50. The summed E-state index contributed by atoms with van der Waals surface area (Å²) in [4.78, 5) is 25.6. The Morgan fingerprint density at radius 1 is 1.35 bits per heavy atom. The molecule has 102 valence electrons. The van der Waals surface area contributed by atoms with Crippen LogP contribution < -0.4 is 10.1 Å². The number of hydrogen-bond donors (Lipinski definition) is 1. The fourth-order valence-corrected chi connectivity index (χ4v) is 2.97. The number of aryl methyl sites for hydroxylation is 1. The molecule has 1 aromatic carbocycles. The molecule has 1 aromatic heterocycles. The van der Waals surface area contributed by atoms with Crippen LogP contribution in [0.25, 0.3) is 0 Å². The fraction of sp³-hybridized carbons (Fsp3) is 0.200. The molecule has 1 amide bonds. The number of anilines is 1. The number of hydrogen-bond acceptors (Lipinski definition) is 4. The summed E-state index contributed by atoms with van der Waals surface area (Å²) in [6.07, 6.45) is 0.923. The van der Waals surface area contributed by atoms with Gasteiger partial charge in [0.25, 0.3) is 5.91 Å². The zero-order valence-electron chi connectivity index (χ0n) is 10.9. The average Bonchev–Trinajstić information content (AvgIpc) is 2.94. The van der Waals surface area contributed by atoms with Crippen molar-refractivity contribution in [3.8, 4) is 5.75 Å². The first-order valence-corrected chi connectivity index (χ1v) is 7.19. The number of thiophene rings is 1. The topological polar surface area (TPSA) is 55.4 Å². The highest BCUT2D eigenvalue weighted by atomic mass is 32.1. The van der Waals surface area contributed by atoms with E-state index in [1.807, 2.05) is 12.1 Å². The predicted molar refractivity (Wildman–Crippen MR) is 77.7 cm³/mol. The highest BCUT2D eigenvalue weighted by molar-refractivity contribution is 7.14. The fourth-order valence-electron chi connectivity index (χ4n) is 2.06. The van der Waals surface area contributed by atoms with Crippen LogP contribution in [0.1, 0.15) is 27.0 Å². The number of ether oxygens (including phenoxy) is 1. The molecule has 1 aliphatic heterocycles. The molecule has 0 spiro atoms. The molecule has 1 aliphatic rings. The summed E-state index contributed by atoms with van der Waals surface area (Å²) >= 11 is 1.51. The van der Waals surface area contributed by atoms with Crippen LogP contribution in [0.4, 0.5) is 5.69 Å². The largest absolute Gasteiger partial charge is 0.482 e. The quantitative estimate of drug-likeness (QED) is 0.883. The summed E-state index contributed by atoms with van der Waals surface area (Å²) in [6.45, 7) is 2.08. The average molecular weight is 287 g/mol. The maximum atomic E-state index is 12.4. The Kier molecular flexibility index (Phi) is 3.28. The van der Waals surface area contributed by atoms with Gasteiger partial charge in [-0.1, -0.05) is 6.92 Å². The van der Waals surface area contributed by atoms with E-state index in [1.165, 1.54) is 16.2 Å². The first-order chi connectivity index (χ1) is 9.67. The maximum Gasteiger partial charge on any atom is 0.262 e. The van der Waals surface area contributed by atoms with Crippen molar-refractivity contribution in [2.75, 3.05) is 11.9 Å². The Labute approximate surface area is 120 Å². The van der Waals surface area contributed by atoms with E-state index in [2.05, 4.69) is 12.2 Å². The summed E-state index contributed by atoms with van der Waals surface area (Å²) in [5.74, 6) is 0.366. The molecule has 0 bridgehead atoms. The van der Waals surface area contributed by atoms with Crippen molar-refractivity contribution in [1.29, 1.82) is 0 Å². The van der Waals surface area contributed by atoms with Crippen LogP contribution in [-0.2, 0) is 11.2 Å². The summed E-state index contributed by atoms with van der Waals surface area (Å²) in [6, 6.07) is 8.93. The van der Waals surface area contributed by atoms with E-state index in [4.69, 9.17) is 4.74 Å². The van der Waals surface area contributed by atoms with Crippen molar-refractivity contribution in [2.45, 2.75) is 13.3 Å². The van der Waals surface area contributed by atoms with E-state index in [-0.39, 0.29) is 18.3 Å². The first-order valence-electron chi connectivity index (χ1n) is 6.37. The molecule has 1 N–H and O–H groups in total. The summed E-state index contributed by atoms with van der Waals surface area (Å²) < 4.78 is 5.28. The second kappa shape index (κ2) is 5.09. The Morgan fingerprint density at radius 3 is 2.95 bits per heavy atom. The molecule has 3 rings (SSSR count). The van der Waals surface area contributed by atoms with Gasteiger partial charge >= 0.3 is 0 Å². The molecule has 0 radical (unpaired) electrons. The number of carbonyl (C=O) groups is 2. The lowest BCUT2D eigenvalue weighted by Crippen LogP contribution is -2.25. The lowest BCUT2D eigenvalue weighted by Gasteiger charge is -2.18. The minimum absolute atomic E-state index is 0.0189. The normalized spacial score (nSPS) is 13.3. The molecule has 0 atom stereocenters. The van der Waals surface area contributed by atoms with Gasteiger partial charge in [0.05, 0.1) is 10.6 Å². The van der Waals surface area contributed by atoms with Crippen molar-refractivity contribution in [3.05, 3.63) is 45.6 Å². The van der Waals surface area contributed by atoms with E-state index >= 15 is 0 Å². The van der Waals surface area contributed by atoms with Gasteiger partial charge in [-0.3, -0.25) is 9.59 Å². The number of amides is 1. The van der Waals surface area contributed by atoms with Crippen molar-refractivity contribution < 1.29 is 14.3 Å². The third-order valence-electron chi connectivity index (χ3n) is 3.11. The number of rotatable bonds is 3. The van der Waals surface area contributed by atoms with Crippen LogP contribution in [-0.4, -0.2) is 18.3 Å².